The second kappa shape index (κ2) is 7.78. The first kappa shape index (κ1) is 19.9. The molecule has 4 rings (SSSR count). The SMILES string of the molecule is Cc1nn(C)c2[nH]c(=O)c(CCC(=O)NCCn3c(C)nc4ccccc43)c(C)c12. The van der Waals surface area contributed by atoms with Crippen LogP contribution in [0.25, 0.3) is 22.1 Å². The molecule has 0 aliphatic carbocycles. The Kier molecular flexibility index (Phi) is 5.15. The molecule has 0 atom stereocenters. The predicted molar refractivity (Wildman–Crippen MR) is 117 cm³/mol. The molecule has 3 heterocycles. The number of hydrogen-bond acceptors (Lipinski definition) is 4. The molecule has 4 aromatic rings. The van der Waals surface area contributed by atoms with Crippen LogP contribution in [0.2, 0.25) is 0 Å². The molecule has 0 bridgehead atoms. The van der Waals surface area contributed by atoms with Crippen LogP contribution in [0.3, 0.4) is 0 Å². The third-order valence-corrected chi connectivity index (χ3v) is 5.66. The fourth-order valence-electron chi connectivity index (χ4n) is 4.17. The van der Waals surface area contributed by atoms with Crippen LogP contribution in [-0.2, 0) is 24.8 Å². The average molecular weight is 406 g/mol. The van der Waals surface area contributed by atoms with Crippen molar-refractivity contribution >= 4 is 28.0 Å². The zero-order valence-corrected chi connectivity index (χ0v) is 17.7. The number of fused-ring (bicyclic) bond motifs is 2. The zero-order valence-electron chi connectivity index (χ0n) is 17.7. The number of carbonyl (C=O) groups excluding carboxylic acids is 1. The summed E-state index contributed by atoms with van der Waals surface area (Å²) in [6, 6.07) is 7.97. The molecule has 0 saturated carbocycles. The molecule has 1 aromatic carbocycles. The molecule has 0 radical (unpaired) electrons. The highest BCUT2D eigenvalue weighted by atomic mass is 16.1. The number of nitrogens with zero attached hydrogens (tertiary/aromatic N) is 4. The first-order chi connectivity index (χ1) is 14.4. The molecular weight excluding hydrogens is 380 g/mol. The summed E-state index contributed by atoms with van der Waals surface area (Å²) in [4.78, 5) is 32.4. The van der Waals surface area contributed by atoms with Crippen LogP contribution in [0.5, 0.6) is 0 Å². The number of H-pyrrole nitrogens is 1. The Morgan fingerprint density at radius 2 is 1.97 bits per heavy atom. The van der Waals surface area contributed by atoms with Crippen LogP contribution in [0.1, 0.15) is 29.1 Å². The number of imidazole rings is 1. The second-order valence-corrected chi connectivity index (χ2v) is 7.64. The van der Waals surface area contributed by atoms with Gasteiger partial charge in [-0.05, 0) is 44.9 Å². The van der Waals surface area contributed by atoms with E-state index in [0.717, 1.165) is 33.5 Å². The van der Waals surface area contributed by atoms with Gasteiger partial charge in [0.05, 0.1) is 16.7 Å². The third-order valence-electron chi connectivity index (χ3n) is 5.66. The average Bonchev–Trinajstić information content (AvgIpc) is 3.17. The normalized spacial score (nSPS) is 11.5. The molecule has 8 nitrogen and oxygen atoms in total. The minimum Gasteiger partial charge on any atom is -0.354 e. The lowest BCUT2D eigenvalue weighted by atomic mass is 10.0. The van der Waals surface area contributed by atoms with E-state index in [1.165, 1.54) is 0 Å². The number of benzene rings is 1. The largest absolute Gasteiger partial charge is 0.354 e. The Labute approximate surface area is 173 Å². The van der Waals surface area contributed by atoms with Crippen LogP contribution >= 0.6 is 0 Å². The standard InChI is InChI=1S/C22H26N6O2/c1-13-16(22(30)25-21-20(13)14(2)26-27(21)4)9-10-19(29)23-11-12-28-15(3)24-17-7-5-6-8-18(17)28/h5-8H,9-12H2,1-4H3,(H,23,29)(H,25,30). The highest BCUT2D eigenvalue weighted by Gasteiger charge is 2.16. The quantitative estimate of drug-likeness (QED) is 0.513. The van der Waals surface area contributed by atoms with Crippen molar-refractivity contribution in [1.29, 1.82) is 0 Å². The van der Waals surface area contributed by atoms with Crippen LogP contribution in [0.4, 0.5) is 0 Å². The van der Waals surface area contributed by atoms with Crippen LogP contribution in [0.15, 0.2) is 29.1 Å². The van der Waals surface area contributed by atoms with Crippen molar-refractivity contribution in [2.24, 2.45) is 7.05 Å². The summed E-state index contributed by atoms with van der Waals surface area (Å²) in [6.45, 7) is 6.97. The van der Waals surface area contributed by atoms with Gasteiger partial charge in [-0.1, -0.05) is 12.1 Å². The number of amides is 1. The molecular formula is C22H26N6O2. The summed E-state index contributed by atoms with van der Waals surface area (Å²) in [5.74, 6) is 0.853. The number of hydrogen-bond donors (Lipinski definition) is 2. The number of aromatic amines is 1. The van der Waals surface area contributed by atoms with Gasteiger partial charge in [0, 0.05) is 37.5 Å². The minimum absolute atomic E-state index is 0.0705. The number of aromatic nitrogens is 5. The van der Waals surface area contributed by atoms with Gasteiger partial charge < -0.3 is 14.9 Å². The van der Waals surface area contributed by atoms with Gasteiger partial charge in [0.25, 0.3) is 5.56 Å². The summed E-state index contributed by atoms with van der Waals surface area (Å²) >= 11 is 0. The van der Waals surface area contributed by atoms with Crippen molar-refractivity contribution in [3.05, 3.63) is 57.3 Å². The van der Waals surface area contributed by atoms with Crippen molar-refractivity contribution in [2.75, 3.05) is 6.54 Å². The van der Waals surface area contributed by atoms with E-state index in [9.17, 15) is 9.59 Å². The van der Waals surface area contributed by atoms with Gasteiger partial charge in [0.1, 0.15) is 11.5 Å². The fourth-order valence-corrected chi connectivity index (χ4v) is 4.17. The monoisotopic (exact) mass is 406 g/mol. The van der Waals surface area contributed by atoms with E-state index < -0.39 is 0 Å². The lowest BCUT2D eigenvalue weighted by molar-refractivity contribution is -0.121. The molecule has 3 aromatic heterocycles. The van der Waals surface area contributed by atoms with E-state index in [0.29, 0.717) is 30.7 Å². The summed E-state index contributed by atoms with van der Waals surface area (Å²) in [6.07, 6.45) is 0.655. The van der Waals surface area contributed by atoms with Crippen LogP contribution in [-0.4, -0.2) is 36.8 Å². The molecule has 0 unspecified atom stereocenters. The number of pyridine rings is 1. The topological polar surface area (TPSA) is 97.6 Å². The Morgan fingerprint density at radius 1 is 1.20 bits per heavy atom. The molecule has 0 saturated heterocycles. The van der Waals surface area contributed by atoms with Gasteiger partial charge >= 0.3 is 0 Å². The van der Waals surface area contributed by atoms with Crippen molar-refractivity contribution in [1.82, 2.24) is 29.6 Å². The minimum atomic E-state index is -0.156. The van der Waals surface area contributed by atoms with Gasteiger partial charge in [0.15, 0.2) is 0 Å². The lowest BCUT2D eigenvalue weighted by Crippen LogP contribution is -2.28. The van der Waals surface area contributed by atoms with Gasteiger partial charge in [-0.25, -0.2) is 4.98 Å². The molecule has 156 valence electrons. The molecule has 2 N–H and O–H groups in total. The number of rotatable bonds is 6. The van der Waals surface area contributed by atoms with E-state index in [1.54, 1.807) is 4.68 Å². The number of para-hydroxylation sites is 2. The zero-order chi connectivity index (χ0) is 21.4. The summed E-state index contributed by atoms with van der Waals surface area (Å²) in [7, 11) is 1.81. The highest BCUT2D eigenvalue weighted by Crippen LogP contribution is 2.21. The maximum absolute atomic E-state index is 12.5. The van der Waals surface area contributed by atoms with Gasteiger partial charge in [-0.3, -0.25) is 14.3 Å². The smallest absolute Gasteiger partial charge is 0.253 e. The molecule has 0 aliphatic heterocycles. The highest BCUT2D eigenvalue weighted by molar-refractivity contribution is 5.83. The molecule has 1 amide bonds. The Morgan fingerprint density at radius 3 is 2.77 bits per heavy atom. The van der Waals surface area contributed by atoms with Crippen molar-refractivity contribution < 1.29 is 4.79 Å². The number of nitrogens with one attached hydrogen (secondary N) is 2. The molecule has 0 fully saturated rings. The Bertz CT molecular complexity index is 1310. The van der Waals surface area contributed by atoms with E-state index in [4.69, 9.17) is 0 Å². The number of carbonyl (C=O) groups is 1. The number of aryl methyl sites for hydroxylation is 4. The van der Waals surface area contributed by atoms with Crippen LogP contribution in [0, 0.1) is 20.8 Å². The van der Waals surface area contributed by atoms with Gasteiger partial charge in [-0.2, -0.15) is 5.10 Å². The van der Waals surface area contributed by atoms with E-state index in [2.05, 4.69) is 25.0 Å². The van der Waals surface area contributed by atoms with Gasteiger partial charge in [0.2, 0.25) is 5.91 Å². The van der Waals surface area contributed by atoms with Gasteiger partial charge in [-0.15, -0.1) is 0 Å². The lowest BCUT2D eigenvalue weighted by Gasteiger charge is -2.10. The maximum atomic E-state index is 12.5. The molecule has 0 aliphatic rings. The first-order valence-electron chi connectivity index (χ1n) is 10.1. The third kappa shape index (κ3) is 3.49. The predicted octanol–water partition coefficient (Wildman–Crippen LogP) is 2.29. The molecule has 30 heavy (non-hydrogen) atoms. The first-order valence-corrected chi connectivity index (χ1v) is 10.1. The van der Waals surface area contributed by atoms with Crippen molar-refractivity contribution in [2.45, 2.75) is 40.2 Å². The summed E-state index contributed by atoms with van der Waals surface area (Å²) in [5, 5.41) is 8.29. The van der Waals surface area contributed by atoms with E-state index >= 15 is 0 Å². The van der Waals surface area contributed by atoms with Crippen molar-refractivity contribution in [3.63, 3.8) is 0 Å². The fraction of sp³-hybridized carbons (Fsp3) is 0.364. The van der Waals surface area contributed by atoms with E-state index in [1.807, 2.05) is 52.1 Å². The van der Waals surface area contributed by atoms with E-state index in [-0.39, 0.29) is 17.9 Å². The van der Waals surface area contributed by atoms with Crippen molar-refractivity contribution in [3.8, 4) is 0 Å². The molecule has 0 spiro atoms. The summed E-state index contributed by atoms with van der Waals surface area (Å²) < 4.78 is 3.78. The second-order valence-electron chi connectivity index (χ2n) is 7.64. The molecule has 8 heteroatoms. The Hall–Kier alpha value is -3.42. The summed E-state index contributed by atoms with van der Waals surface area (Å²) in [5.41, 5.74) is 4.99. The maximum Gasteiger partial charge on any atom is 0.253 e. The Balaban J connectivity index is 1.40. The van der Waals surface area contributed by atoms with Crippen LogP contribution < -0.4 is 10.9 Å².